The normalized spacial score (nSPS) is 9.20. The number of hydrogen-bond donors (Lipinski definition) is 2. The third-order valence-corrected chi connectivity index (χ3v) is 0.598. The predicted molar refractivity (Wildman–Crippen MR) is 22.7 cm³/mol. The van der Waals surface area contributed by atoms with Crippen LogP contribution in [0, 0.1) is 0 Å². The molecule has 5 heavy (non-hydrogen) atoms. The fourth-order valence-corrected chi connectivity index (χ4v) is 0. The minimum Gasteiger partial charge on any atom is -0.258 e. The Balaban J connectivity index is 3.23. The van der Waals surface area contributed by atoms with Crippen molar-refractivity contribution in [2.24, 2.45) is 5.84 Å². The molecule has 0 fully saturated rings. The van der Waals surface area contributed by atoms with Gasteiger partial charge < -0.3 is 0 Å². The molecule has 0 aliphatic heterocycles. The van der Waals surface area contributed by atoms with Crippen LogP contribution < -0.4 is 9.48 Å². The molecule has 0 aromatic carbocycles. The Labute approximate surface area is 36.2 Å². The van der Waals surface area contributed by atoms with Gasteiger partial charge in [0.15, 0.2) is 0 Å². The molecule has 0 radical (unpaired) electrons. The van der Waals surface area contributed by atoms with Crippen LogP contribution in [-0.2, 0) is 6.14 Å². The lowest BCUT2D eigenvalue weighted by Crippen LogP contribution is -2.07. The molecule has 0 heterocycles. The zero-order chi connectivity index (χ0) is 4.28. The van der Waals surface area contributed by atoms with Crippen molar-refractivity contribution >= 4 is 20.1 Å². The van der Waals surface area contributed by atoms with Crippen LogP contribution in [0.1, 0.15) is 0 Å². The van der Waals surface area contributed by atoms with E-state index in [1.807, 2.05) is 0 Å². The van der Waals surface area contributed by atoms with Crippen LogP contribution in [0.4, 0.5) is 0 Å². The van der Waals surface area contributed by atoms with Crippen LogP contribution >= 0.6 is 20.1 Å². The number of halogens is 1. The lowest BCUT2D eigenvalue weighted by Gasteiger charge is -1.63. The summed E-state index contributed by atoms with van der Waals surface area (Å²) in [6.45, 7) is 0. The molecule has 32 valence electrons. The number of hydrogen-bond acceptors (Lipinski definition) is 3. The first-order chi connectivity index (χ1) is 2.27. The lowest BCUT2D eigenvalue weighted by molar-refractivity contribution is 0.607. The lowest BCUT2D eigenvalue weighted by atomic mass is 13.0. The van der Waals surface area contributed by atoms with Crippen molar-refractivity contribution in [3.8, 4) is 0 Å². The molecule has 0 aromatic rings. The van der Waals surface area contributed by atoms with Crippen molar-refractivity contribution < 1.29 is 6.14 Å². The van der Waals surface area contributed by atoms with Crippen LogP contribution in [0.2, 0.25) is 0 Å². The van der Waals surface area contributed by atoms with E-state index in [0.717, 1.165) is 0 Å². The number of rotatable bonds is 1. The first-order valence-electron chi connectivity index (χ1n) is 0.786. The van der Waals surface area contributed by atoms with Gasteiger partial charge in [-0.3, -0.25) is 5.84 Å². The first kappa shape index (κ1) is 5.25. The van der Waals surface area contributed by atoms with Crippen LogP contribution in [-0.4, -0.2) is 0 Å². The Kier molecular flexibility index (Phi) is 2.61. The Morgan fingerprint density at radius 1 is 1.60 bits per heavy atom. The number of hydrazine groups is 1. The Hall–Kier alpha value is 0.250. The van der Waals surface area contributed by atoms with Crippen LogP contribution in [0.25, 0.3) is 0 Å². The summed E-state index contributed by atoms with van der Waals surface area (Å²) in [4.78, 5) is 0. The van der Waals surface area contributed by atoms with E-state index in [1.165, 1.54) is 0 Å². The summed E-state index contributed by atoms with van der Waals surface area (Å²) in [5.41, 5.74) is 0. The summed E-state index contributed by atoms with van der Waals surface area (Å²) in [5, 5.41) is 0. The summed E-state index contributed by atoms with van der Waals surface area (Å²) >= 11 is -3.25. The maximum Gasteiger partial charge on any atom is 0.402 e. The molecule has 0 rings (SSSR count). The minimum absolute atomic E-state index is 1.57. The summed E-state index contributed by atoms with van der Waals surface area (Å²) in [6.07, 6.45) is 0. The van der Waals surface area contributed by atoms with Crippen molar-refractivity contribution in [1.82, 2.24) is 3.64 Å². The van der Waals surface area contributed by atoms with E-state index in [9.17, 15) is 6.14 Å². The van der Waals surface area contributed by atoms with E-state index in [4.69, 9.17) is 0 Å². The van der Waals surface area contributed by atoms with Crippen LogP contribution in [0.3, 0.4) is 0 Å². The molecule has 0 saturated carbocycles. The maximum absolute atomic E-state index is 9.26. The molecule has 0 aliphatic rings. The molecule has 0 spiro atoms. The zero-order valence-corrected chi connectivity index (χ0v) is 4.43. The predicted octanol–water partition coefficient (Wildman–Crippen LogP) is -0.438. The second-order valence-electron chi connectivity index (χ2n) is 0.326. The highest BCUT2D eigenvalue weighted by Crippen LogP contribution is 1.85. The smallest absolute Gasteiger partial charge is 0.258 e. The molecule has 0 saturated heterocycles. The molecule has 0 unspecified atom stereocenters. The molecule has 0 amide bonds. The van der Waals surface area contributed by atoms with Gasteiger partial charge >= 0.3 is 20.1 Å². The largest absolute Gasteiger partial charge is 0.402 e. The Morgan fingerprint density at radius 2 is 1.80 bits per heavy atom. The van der Waals surface area contributed by atoms with Crippen molar-refractivity contribution in [3.63, 3.8) is 0 Å². The monoisotopic (exact) mass is 190 g/mol. The van der Waals surface area contributed by atoms with Gasteiger partial charge in [0.1, 0.15) is 0 Å². The maximum atomic E-state index is 9.26. The Morgan fingerprint density at radius 3 is 1.80 bits per heavy atom. The molecular formula is H3IN2O2. The van der Waals surface area contributed by atoms with Crippen molar-refractivity contribution in [2.45, 2.75) is 0 Å². The van der Waals surface area contributed by atoms with Crippen molar-refractivity contribution in [2.75, 3.05) is 0 Å². The molecule has 0 aromatic heterocycles. The summed E-state index contributed by atoms with van der Waals surface area (Å²) in [5.74, 6) is 4.37. The first-order valence-corrected chi connectivity index (χ1v) is 3.63. The third-order valence-electron chi connectivity index (χ3n) is 0.0891. The highest BCUT2D eigenvalue weighted by Gasteiger charge is 1.69. The number of nitrogens with two attached hydrogens (primary N) is 1. The number of nitrogens with one attached hydrogen (secondary N) is 1. The fraction of sp³-hybridized carbons (Fsp3) is 0. The molecule has 0 atom stereocenters. The SMILES string of the molecule is NNI(=O)=O. The molecule has 3 N–H and O–H groups in total. The van der Waals surface area contributed by atoms with E-state index in [1.54, 1.807) is 3.64 Å². The van der Waals surface area contributed by atoms with Gasteiger partial charge in [0.05, 0.1) is 0 Å². The highest BCUT2D eigenvalue weighted by molar-refractivity contribution is 14.2. The van der Waals surface area contributed by atoms with Crippen LogP contribution in [0.15, 0.2) is 0 Å². The van der Waals surface area contributed by atoms with E-state index < -0.39 is 20.1 Å². The zero-order valence-electron chi connectivity index (χ0n) is 2.27. The van der Waals surface area contributed by atoms with Gasteiger partial charge in [-0.1, -0.05) is 0 Å². The van der Waals surface area contributed by atoms with Gasteiger partial charge in [-0.2, -0.15) is 0 Å². The van der Waals surface area contributed by atoms with E-state index >= 15 is 0 Å². The van der Waals surface area contributed by atoms with Gasteiger partial charge in [0, 0.05) is 0 Å². The van der Waals surface area contributed by atoms with Gasteiger partial charge in [0.2, 0.25) is 0 Å². The van der Waals surface area contributed by atoms with Gasteiger partial charge in [-0.15, -0.1) is 3.64 Å². The van der Waals surface area contributed by atoms with Crippen LogP contribution in [0.5, 0.6) is 0 Å². The quantitative estimate of drug-likeness (QED) is 0.254. The Bertz CT molecular complexity index is 65.7. The third kappa shape index (κ3) is 4.25. The molecule has 5 heteroatoms. The highest BCUT2D eigenvalue weighted by atomic mass is 127. The second-order valence-corrected chi connectivity index (χ2v) is 2.19. The summed E-state index contributed by atoms with van der Waals surface area (Å²) in [6, 6.07) is 0. The van der Waals surface area contributed by atoms with Gasteiger partial charge in [0.25, 0.3) is 0 Å². The van der Waals surface area contributed by atoms with Crippen molar-refractivity contribution in [3.05, 3.63) is 0 Å². The molecule has 4 nitrogen and oxygen atoms in total. The average Bonchev–Trinajstić information content (AvgIpc) is 1.38. The summed E-state index contributed by atoms with van der Waals surface area (Å²) < 4.78 is 20.1. The second kappa shape index (κ2) is 2.49. The molecular weight excluding hydrogens is 187 g/mol. The van der Waals surface area contributed by atoms with E-state index in [0.29, 0.717) is 0 Å². The minimum atomic E-state index is -3.25. The van der Waals surface area contributed by atoms with E-state index in [-0.39, 0.29) is 0 Å². The molecule has 0 aliphatic carbocycles. The topological polar surface area (TPSA) is 72.2 Å². The average molecular weight is 190 g/mol. The fourth-order valence-electron chi connectivity index (χ4n) is 0. The standard InChI is InChI=1S/H3IN2O2/c2-3-1(4)5/h2H2,(H,3,4,5). The summed E-state index contributed by atoms with van der Waals surface area (Å²) in [7, 11) is 0. The molecule has 0 bridgehead atoms. The van der Waals surface area contributed by atoms with E-state index in [2.05, 4.69) is 5.84 Å². The van der Waals surface area contributed by atoms with Gasteiger partial charge in [-0.05, 0) is 0 Å². The van der Waals surface area contributed by atoms with Gasteiger partial charge in [-0.25, -0.2) is 6.14 Å². The van der Waals surface area contributed by atoms with Crippen molar-refractivity contribution in [1.29, 1.82) is 0 Å².